The van der Waals surface area contributed by atoms with Crippen LogP contribution in [0.15, 0.2) is 30.3 Å². The molecular formula is C15H22N2O2. The maximum atomic E-state index is 11.9. The van der Waals surface area contributed by atoms with Gasteiger partial charge in [-0.3, -0.25) is 4.79 Å². The molecule has 1 aromatic rings. The van der Waals surface area contributed by atoms with Crippen LogP contribution in [0.25, 0.3) is 0 Å². The summed E-state index contributed by atoms with van der Waals surface area (Å²) in [5, 5.41) is 2.84. The number of hydrogen-bond donors (Lipinski definition) is 2. The highest BCUT2D eigenvalue weighted by Gasteiger charge is 2.16. The standard InChI is InChI=1S/C15H22N2O2/c1-11(8-9-12(2)18)17-15(19)14(16)10-13-6-4-3-5-7-13/h3-7,11,14H,8-10,16H2,1-2H3,(H,17,19)/t11-,14?/m1/s1. The number of nitrogens with two attached hydrogens (primary N) is 1. The SMILES string of the molecule is CC(=O)CC[C@@H](C)NC(=O)C(N)Cc1ccccc1. The molecule has 0 aliphatic carbocycles. The first-order chi connectivity index (χ1) is 8.99. The molecule has 0 aromatic heterocycles. The van der Waals surface area contributed by atoms with E-state index in [2.05, 4.69) is 5.32 Å². The summed E-state index contributed by atoms with van der Waals surface area (Å²) >= 11 is 0. The summed E-state index contributed by atoms with van der Waals surface area (Å²) in [4.78, 5) is 22.8. The van der Waals surface area contributed by atoms with Crippen molar-refractivity contribution >= 4 is 11.7 Å². The smallest absolute Gasteiger partial charge is 0.237 e. The van der Waals surface area contributed by atoms with E-state index in [4.69, 9.17) is 5.73 Å². The van der Waals surface area contributed by atoms with Gasteiger partial charge in [0.15, 0.2) is 0 Å². The van der Waals surface area contributed by atoms with Crippen LogP contribution < -0.4 is 11.1 Å². The Morgan fingerprint density at radius 3 is 2.47 bits per heavy atom. The number of Topliss-reactive ketones (excluding diaryl/α,β-unsaturated/α-hetero) is 1. The van der Waals surface area contributed by atoms with Crippen molar-refractivity contribution in [2.24, 2.45) is 5.73 Å². The van der Waals surface area contributed by atoms with Crippen LogP contribution in [0, 0.1) is 0 Å². The lowest BCUT2D eigenvalue weighted by Crippen LogP contribution is -2.45. The lowest BCUT2D eigenvalue weighted by molar-refractivity contribution is -0.123. The highest BCUT2D eigenvalue weighted by atomic mass is 16.2. The predicted octanol–water partition coefficient (Wildman–Crippen LogP) is 1.43. The summed E-state index contributed by atoms with van der Waals surface area (Å²) in [5.41, 5.74) is 6.92. The summed E-state index contributed by atoms with van der Waals surface area (Å²) in [5.74, 6) is -0.0328. The first-order valence-corrected chi connectivity index (χ1v) is 6.58. The van der Waals surface area contributed by atoms with Gasteiger partial charge in [-0.05, 0) is 32.3 Å². The van der Waals surface area contributed by atoms with Crippen molar-refractivity contribution in [2.75, 3.05) is 0 Å². The van der Waals surface area contributed by atoms with Crippen LogP contribution in [0.4, 0.5) is 0 Å². The molecule has 0 aliphatic heterocycles. The Balaban J connectivity index is 2.38. The number of amides is 1. The van der Waals surface area contributed by atoms with E-state index in [1.54, 1.807) is 6.92 Å². The minimum Gasteiger partial charge on any atom is -0.352 e. The van der Waals surface area contributed by atoms with Gasteiger partial charge in [0.05, 0.1) is 6.04 Å². The second-order valence-corrected chi connectivity index (χ2v) is 4.95. The highest BCUT2D eigenvalue weighted by Crippen LogP contribution is 2.03. The van der Waals surface area contributed by atoms with E-state index in [1.807, 2.05) is 37.3 Å². The summed E-state index contributed by atoms with van der Waals surface area (Å²) < 4.78 is 0. The highest BCUT2D eigenvalue weighted by molar-refractivity contribution is 5.82. The van der Waals surface area contributed by atoms with Gasteiger partial charge in [-0.2, -0.15) is 0 Å². The third kappa shape index (κ3) is 6.15. The molecule has 19 heavy (non-hydrogen) atoms. The average molecular weight is 262 g/mol. The van der Waals surface area contributed by atoms with Crippen molar-refractivity contribution in [3.05, 3.63) is 35.9 Å². The second kappa shape index (κ2) is 7.69. The van der Waals surface area contributed by atoms with Gasteiger partial charge in [-0.1, -0.05) is 30.3 Å². The lowest BCUT2D eigenvalue weighted by atomic mass is 10.1. The lowest BCUT2D eigenvalue weighted by Gasteiger charge is -2.17. The topological polar surface area (TPSA) is 72.2 Å². The number of carbonyl (C=O) groups is 2. The summed E-state index contributed by atoms with van der Waals surface area (Å²) in [7, 11) is 0. The Bertz CT molecular complexity index is 417. The predicted molar refractivity (Wildman–Crippen MR) is 75.6 cm³/mol. The maximum absolute atomic E-state index is 11.9. The molecule has 0 radical (unpaired) electrons. The molecule has 4 nitrogen and oxygen atoms in total. The van der Waals surface area contributed by atoms with Gasteiger partial charge in [-0.25, -0.2) is 0 Å². The van der Waals surface area contributed by atoms with E-state index in [9.17, 15) is 9.59 Å². The van der Waals surface area contributed by atoms with E-state index in [1.165, 1.54) is 0 Å². The van der Waals surface area contributed by atoms with Gasteiger partial charge in [0.2, 0.25) is 5.91 Å². The molecule has 1 unspecified atom stereocenters. The van der Waals surface area contributed by atoms with Crippen molar-refractivity contribution in [3.8, 4) is 0 Å². The molecule has 1 rings (SSSR count). The molecule has 0 spiro atoms. The molecule has 0 bridgehead atoms. The fourth-order valence-electron chi connectivity index (χ4n) is 1.80. The largest absolute Gasteiger partial charge is 0.352 e. The number of ketones is 1. The minimum absolute atomic E-state index is 0.0294. The average Bonchev–Trinajstić information content (AvgIpc) is 2.37. The minimum atomic E-state index is -0.554. The van der Waals surface area contributed by atoms with Crippen LogP contribution in [0.5, 0.6) is 0 Å². The van der Waals surface area contributed by atoms with Crippen LogP contribution in [0.2, 0.25) is 0 Å². The normalized spacial score (nSPS) is 13.6. The molecule has 3 N–H and O–H groups in total. The molecule has 104 valence electrons. The molecular weight excluding hydrogens is 240 g/mol. The number of carbonyl (C=O) groups excluding carboxylic acids is 2. The van der Waals surface area contributed by atoms with Gasteiger partial charge in [0.25, 0.3) is 0 Å². The van der Waals surface area contributed by atoms with Gasteiger partial charge >= 0.3 is 0 Å². The molecule has 1 amide bonds. The summed E-state index contributed by atoms with van der Waals surface area (Å²) in [6, 6.07) is 9.10. The van der Waals surface area contributed by atoms with Crippen molar-refractivity contribution in [1.29, 1.82) is 0 Å². The maximum Gasteiger partial charge on any atom is 0.237 e. The van der Waals surface area contributed by atoms with Crippen LogP contribution in [0.3, 0.4) is 0 Å². The fourth-order valence-corrected chi connectivity index (χ4v) is 1.80. The Morgan fingerprint density at radius 2 is 1.89 bits per heavy atom. The van der Waals surface area contributed by atoms with E-state index < -0.39 is 6.04 Å². The van der Waals surface area contributed by atoms with Crippen LogP contribution in [-0.4, -0.2) is 23.8 Å². The molecule has 0 saturated carbocycles. The van der Waals surface area contributed by atoms with Gasteiger partial charge in [0.1, 0.15) is 5.78 Å². The fraction of sp³-hybridized carbons (Fsp3) is 0.467. The first-order valence-electron chi connectivity index (χ1n) is 6.58. The number of hydrogen-bond acceptors (Lipinski definition) is 3. The molecule has 1 aromatic carbocycles. The Hall–Kier alpha value is -1.68. The van der Waals surface area contributed by atoms with Gasteiger partial charge < -0.3 is 15.8 Å². The van der Waals surface area contributed by atoms with Crippen molar-refractivity contribution in [2.45, 2.75) is 45.2 Å². The summed E-state index contributed by atoms with van der Waals surface area (Å²) in [6.45, 7) is 3.44. The zero-order valence-electron chi connectivity index (χ0n) is 11.6. The Labute approximate surface area is 114 Å². The monoisotopic (exact) mass is 262 g/mol. The molecule has 0 fully saturated rings. The molecule has 2 atom stereocenters. The van der Waals surface area contributed by atoms with Crippen LogP contribution >= 0.6 is 0 Å². The molecule has 0 saturated heterocycles. The Kier molecular flexibility index (Phi) is 6.22. The quantitative estimate of drug-likeness (QED) is 0.781. The number of benzene rings is 1. The van der Waals surface area contributed by atoms with Crippen LogP contribution in [-0.2, 0) is 16.0 Å². The third-order valence-corrected chi connectivity index (χ3v) is 2.95. The van der Waals surface area contributed by atoms with E-state index in [0.29, 0.717) is 19.3 Å². The molecule has 4 heteroatoms. The van der Waals surface area contributed by atoms with E-state index in [0.717, 1.165) is 5.56 Å². The molecule has 0 aliphatic rings. The molecule has 0 heterocycles. The van der Waals surface area contributed by atoms with E-state index >= 15 is 0 Å². The van der Waals surface area contributed by atoms with Crippen molar-refractivity contribution < 1.29 is 9.59 Å². The second-order valence-electron chi connectivity index (χ2n) is 4.95. The zero-order valence-corrected chi connectivity index (χ0v) is 11.6. The third-order valence-electron chi connectivity index (χ3n) is 2.95. The van der Waals surface area contributed by atoms with E-state index in [-0.39, 0.29) is 17.7 Å². The number of nitrogens with one attached hydrogen (secondary N) is 1. The van der Waals surface area contributed by atoms with Gasteiger partial charge in [0, 0.05) is 12.5 Å². The zero-order chi connectivity index (χ0) is 14.3. The van der Waals surface area contributed by atoms with Crippen LogP contribution in [0.1, 0.15) is 32.3 Å². The van der Waals surface area contributed by atoms with Crippen molar-refractivity contribution in [1.82, 2.24) is 5.32 Å². The van der Waals surface area contributed by atoms with Gasteiger partial charge in [-0.15, -0.1) is 0 Å². The number of rotatable bonds is 7. The Morgan fingerprint density at radius 1 is 1.26 bits per heavy atom. The summed E-state index contributed by atoms with van der Waals surface area (Å²) in [6.07, 6.45) is 1.65. The van der Waals surface area contributed by atoms with Crippen molar-refractivity contribution in [3.63, 3.8) is 0 Å². The first kappa shape index (κ1) is 15.4.